The van der Waals surface area contributed by atoms with E-state index in [2.05, 4.69) is 78.9 Å². The summed E-state index contributed by atoms with van der Waals surface area (Å²) in [5, 5.41) is 0. The van der Waals surface area contributed by atoms with Crippen molar-refractivity contribution in [1.82, 2.24) is 0 Å². The molecular formula is C39H45P. The fraction of sp³-hybridized carbons (Fsp3) is 0.538. The van der Waals surface area contributed by atoms with Crippen molar-refractivity contribution in [1.29, 1.82) is 0 Å². The molecule has 0 nitrogen and oxygen atoms in total. The molecule has 0 unspecified atom stereocenters. The highest BCUT2D eigenvalue weighted by atomic mass is 31.1. The second-order valence-electron chi connectivity index (χ2n) is 15.1. The topological polar surface area (TPSA) is 0 Å². The summed E-state index contributed by atoms with van der Waals surface area (Å²) in [4.78, 5) is 0. The molecule has 8 aliphatic rings. The normalized spacial score (nSPS) is 39.5. The molecule has 3 aromatic carbocycles. The summed E-state index contributed by atoms with van der Waals surface area (Å²) in [6.45, 7) is 0. The third-order valence-electron chi connectivity index (χ3n) is 12.7. The van der Waals surface area contributed by atoms with E-state index >= 15 is 0 Å². The van der Waals surface area contributed by atoms with E-state index in [1.54, 1.807) is 69.8 Å². The van der Waals surface area contributed by atoms with Crippen LogP contribution in [0, 0.1) is 47.3 Å². The average molecular weight is 545 g/mol. The van der Waals surface area contributed by atoms with Crippen LogP contribution in [0.15, 0.2) is 78.9 Å². The van der Waals surface area contributed by atoms with Gasteiger partial charge in [-0.1, -0.05) is 86.8 Å². The van der Waals surface area contributed by atoms with Gasteiger partial charge in [0, 0.05) is 0 Å². The third kappa shape index (κ3) is 4.18. The zero-order valence-electron chi connectivity index (χ0n) is 24.0. The van der Waals surface area contributed by atoms with Crippen LogP contribution in [0.3, 0.4) is 0 Å². The lowest BCUT2D eigenvalue weighted by Gasteiger charge is -2.62. The van der Waals surface area contributed by atoms with Crippen LogP contribution in [0.4, 0.5) is 0 Å². The molecule has 206 valence electrons. The molecule has 0 amide bonds. The van der Waals surface area contributed by atoms with E-state index in [1.165, 1.54) is 28.4 Å². The Kier molecular flexibility index (Phi) is 6.06. The summed E-state index contributed by atoms with van der Waals surface area (Å²) < 4.78 is 0. The van der Waals surface area contributed by atoms with Gasteiger partial charge in [0.15, 0.2) is 0 Å². The lowest BCUT2D eigenvalue weighted by atomic mass is 9.55. The van der Waals surface area contributed by atoms with Crippen LogP contribution in [0.25, 0.3) is 22.3 Å². The number of benzene rings is 3. The molecule has 0 saturated heterocycles. The summed E-state index contributed by atoms with van der Waals surface area (Å²) in [5.74, 6) is 8.61. The predicted molar refractivity (Wildman–Crippen MR) is 170 cm³/mol. The summed E-state index contributed by atoms with van der Waals surface area (Å²) in [7, 11) is 0.0181. The first-order chi connectivity index (χ1) is 19.7. The van der Waals surface area contributed by atoms with Crippen molar-refractivity contribution in [2.45, 2.75) is 81.7 Å². The molecule has 11 rings (SSSR count). The first-order valence-corrected chi connectivity index (χ1v) is 18.4. The van der Waals surface area contributed by atoms with Crippen molar-refractivity contribution in [2.75, 3.05) is 0 Å². The van der Waals surface area contributed by atoms with Crippen LogP contribution in [0.1, 0.15) is 69.8 Å². The van der Waals surface area contributed by atoms with Gasteiger partial charge >= 0.3 is 0 Å². The Morgan fingerprint density at radius 2 is 0.875 bits per heavy atom. The van der Waals surface area contributed by atoms with Crippen molar-refractivity contribution >= 4 is 7.92 Å². The molecule has 8 aliphatic carbocycles. The van der Waals surface area contributed by atoms with Crippen LogP contribution in [-0.4, -0.2) is 11.3 Å². The molecule has 1 heteroatoms. The molecule has 0 heterocycles. The Morgan fingerprint density at radius 1 is 0.450 bits per heavy atom. The largest absolute Gasteiger partial charge is 0.0947 e. The molecule has 8 bridgehead atoms. The minimum Gasteiger partial charge on any atom is -0.0947 e. The second-order valence-corrected chi connectivity index (χ2v) is 17.7. The molecule has 0 N–H and O–H groups in total. The van der Waals surface area contributed by atoms with Gasteiger partial charge in [-0.3, -0.25) is 0 Å². The maximum Gasteiger partial charge on any atom is -0.00675 e. The van der Waals surface area contributed by atoms with Crippen LogP contribution < -0.4 is 0 Å². The van der Waals surface area contributed by atoms with Crippen LogP contribution in [0.2, 0.25) is 0 Å². The van der Waals surface area contributed by atoms with E-state index in [9.17, 15) is 0 Å². The first-order valence-electron chi connectivity index (χ1n) is 16.7. The fourth-order valence-electron chi connectivity index (χ4n) is 11.9. The van der Waals surface area contributed by atoms with Crippen molar-refractivity contribution in [3.63, 3.8) is 0 Å². The molecule has 40 heavy (non-hydrogen) atoms. The van der Waals surface area contributed by atoms with E-state index < -0.39 is 0 Å². The predicted octanol–water partition coefficient (Wildman–Crippen LogP) is 10.7. The van der Waals surface area contributed by atoms with Crippen molar-refractivity contribution in [2.24, 2.45) is 47.3 Å². The SMILES string of the molecule is c1ccc(-c2ccc(CP(C3C4CC5CC(C4)CC3C5)C3C4CC5CC(C4)CC3C5)cc2-c2ccccc2)cc1. The molecule has 8 saturated carbocycles. The lowest BCUT2D eigenvalue weighted by molar-refractivity contribution is 0.0129. The maximum absolute atomic E-state index is 2.64. The summed E-state index contributed by atoms with van der Waals surface area (Å²) in [6, 6.07) is 30.0. The lowest BCUT2D eigenvalue weighted by Crippen LogP contribution is -2.52. The molecule has 0 radical (unpaired) electrons. The van der Waals surface area contributed by atoms with Gasteiger partial charge in [0.25, 0.3) is 0 Å². The molecule has 0 atom stereocenters. The Bertz CT molecular complexity index is 1260. The molecule has 0 aliphatic heterocycles. The third-order valence-corrected chi connectivity index (χ3v) is 16.7. The molecule has 0 spiro atoms. The van der Waals surface area contributed by atoms with Crippen molar-refractivity contribution in [3.05, 3.63) is 84.4 Å². The minimum absolute atomic E-state index is 0.0181. The van der Waals surface area contributed by atoms with Gasteiger partial charge in [0.1, 0.15) is 0 Å². The zero-order chi connectivity index (χ0) is 26.2. The van der Waals surface area contributed by atoms with Gasteiger partial charge in [-0.05, 0) is 157 Å². The quantitative estimate of drug-likeness (QED) is 0.271. The van der Waals surface area contributed by atoms with Crippen LogP contribution in [-0.2, 0) is 6.16 Å². The molecular weight excluding hydrogens is 499 g/mol. The standard InChI is InChI=1S/C39H45P/c1-3-7-30(8-4-1)36-12-11-25(23-37(36)31-9-5-2-6-10-31)24-40(38-32-15-26-13-27(17-32)18-33(38)16-26)39-34-19-28-14-29(21-34)22-35(39)20-28/h1-12,23,26-29,32-35,38-39H,13-22,24H2. The molecule has 8 fully saturated rings. The van der Waals surface area contributed by atoms with Gasteiger partial charge < -0.3 is 0 Å². The Balaban J connectivity index is 1.12. The minimum atomic E-state index is 0.0181. The summed E-state index contributed by atoms with van der Waals surface area (Å²) >= 11 is 0. The highest BCUT2D eigenvalue weighted by Crippen LogP contribution is 2.72. The van der Waals surface area contributed by atoms with Gasteiger partial charge in [0.2, 0.25) is 0 Å². The first kappa shape index (κ1) is 24.7. The number of rotatable bonds is 6. The Labute approximate surface area is 243 Å². The van der Waals surface area contributed by atoms with E-state index in [0.717, 1.165) is 58.7 Å². The van der Waals surface area contributed by atoms with Crippen molar-refractivity contribution in [3.8, 4) is 22.3 Å². The van der Waals surface area contributed by atoms with Gasteiger partial charge in [-0.15, -0.1) is 0 Å². The summed E-state index contributed by atoms with van der Waals surface area (Å²) in [5.41, 5.74) is 9.33. The van der Waals surface area contributed by atoms with Gasteiger partial charge in [-0.2, -0.15) is 0 Å². The van der Waals surface area contributed by atoms with E-state index in [0.29, 0.717) is 0 Å². The van der Waals surface area contributed by atoms with E-state index in [1.807, 2.05) is 0 Å². The van der Waals surface area contributed by atoms with Crippen LogP contribution >= 0.6 is 7.92 Å². The zero-order valence-corrected chi connectivity index (χ0v) is 24.9. The average Bonchev–Trinajstić information content (AvgIpc) is 2.97. The number of hydrogen-bond acceptors (Lipinski definition) is 0. The Morgan fingerprint density at radius 3 is 1.32 bits per heavy atom. The van der Waals surface area contributed by atoms with Crippen molar-refractivity contribution < 1.29 is 0 Å². The fourth-order valence-corrected chi connectivity index (χ4v) is 16.5. The maximum atomic E-state index is 2.64. The highest BCUT2D eigenvalue weighted by Gasteiger charge is 2.56. The van der Waals surface area contributed by atoms with E-state index in [-0.39, 0.29) is 7.92 Å². The summed E-state index contributed by atoms with van der Waals surface area (Å²) in [6.07, 6.45) is 17.3. The molecule has 0 aromatic heterocycles. The smallest absolute Gasteiger partial charge is 0.00675 e. The second kappa shape index (κ2) is 9.83. The van der Waals surface area contributed by atoms with E-state index in [4.69, 9.17) is 0 Å². The Hall–Kier alpha value is -1.91. The monoisotopic (exact) mass is 544 g/mol. The van der Waals surface area contributed by atoms with Gasteiger partial charge in [0.05, 0.1) is 0 Å². The number of hydrogen-bond donors (Lipinski definition) is 0. The molecule has 3 aromatic rings. The van der Waals surface area contributed by atoms with Gasteiger partial charge in [-0.25, -0.2) is 0 Å². The van der Waals surface area contributed by atoms with Crippen LogP contribution in [0.5, 0.6) is 0 Å². The highest BCUT2D eigenvalue weighted by molar-refractivity contribution is 7.58.